The number of hydrogen-bond acceptors (Lipinski definition) is 4. The van der Waals surface area contributed by atoms with E-state index in [1.54, 1.807) is 13.2 Å². The second-order valence-electron chi connectivity index (χ2n) is 2.53. The molecule has 13 heavy (non-hydrogen) atoms. The molecule has 0 aliphatic carbocycles. The van der Waals surface area contributed by atoms with Gasteiger partial charge in [-0.15, -0.1) is 0 Å². The Hall–Kier alpha value is -1.58. The molecule has 0 aliphatic heterocycles. The monoisotopic (exact) mass is 180 g/mol. The van der Waals surface area contributed by atoms with Crippen LogP contribution < -0.4 is 10.1 Å². The third-order valence-electron chi connectivity index (χ3n) is 1.63. The van der Waals surface area contributed by atoms with Gasteiger partial charge in [0.25, 0.3) is 0 Å². The van der Waals surface area contributed by atoms with Crippen molar-refractivity contribution in [2.24, 2.45) is 0 Å². The molecule has 0 aromatic carbocycles. The molecule has 0 saturated carbocycles. The first kappa shape index (κ1) is 9.51. The van der Waals surface area contributed by atoms with Gasteiger partial charge in [-0.1, -0.05) is 0 Å². The summed E-state index contributed by atoms with van der Waals surface area (Å²) >= 11 is 0. The van der Waals surface area contributed by atoms with E-state index in [9.17, 15) is 4.79 Å². The SMILES string of the molecule is CNc1nccc(C)c1OCC=O. The summed E-state index contributed by atoms with van der Waals surface area (Å²) in [7, 11) is 1.76. The minimum absolute atomic E-state index is 0.0568. The van der Waals surface area contributed by atoms with Crippen molar-refractivity contribution in [3.8, 4) is 5.75 Å². The van der Waals surface area contributed by atoms with E-state index in [-0.39, 0.29) is 6.61 Å². The molecule has 0 unspecified atom stereocenters. The predicted molar refractivity (Wildman–Crippen MR) is 50.1 cm³/mol. The lowest BCUT2D eigenvalue weighted by Crippen LogP contribution is -2.04. The number of aldehydes is 1. The molecule has 1 rings (SSSR count). The molecular formula is C9H12N2O2. The van der Waals surface area contributed by atoms with Crippen LogP contribution in [0.1, 0.15) is 5.56 Å². The van der Waals surface area contributed by atoms with Gasteiger partial charge in [-0.2, -0.15) is 0 Å². The minimum atomic E-state index is 0.0568. The molecule has 4 heteroatoms. The molecule has 4 nitrogen and oxygen atoms in total. The number of rotatable bonds is 4. The van der Waals surface area contributed by atoms with E-state index in [1.165, 1.54) is 0 Å². The number of pyridine rings is 1. The lowest BCUT2D eigenvalue weighted by Gasteiger charge is -2.10. The van der Waals surface area contributed by atoms with Crippen LogP contribution in [0.25, 0.3) is 0 Å². The Morgan fingerprint density at radius 3 is 3.08 bits per heavy atom. The van der Waals surface area contributed by atoms with Crippen molar-refractivity contribution < 1.29 is 9.53 Å². The number of aryl methyl sites for hydroxylation is 1. The van der Waals surface area contributed by atoms with Crippen LogP contribution in [0.15, 0.2) is 12.3 Å². The molecule has 0 atom stereocenters. The molecular weight excluding hydrogens is 168 g/mol. The maximum atomic E-state index is 10.1. The first-order valence-corrected chi connectivity index (χ1v) is 3.99. The third kappa shape index (κ3) is 2.18. The number of anilines is 1. The van der Waals surface area contributed by atoms with Gasteiger partial charge in [0.05, 0.1) is 0 Å². The van der Waals surface area contributed by atoms with Crippen LogP contribution in [0.2, 0.25) is 0 Å². The molecule has 0 aliphatic rings. The van der Waals surface area contributed by atoms with Crippen molar-refractivity contribution >= 4 is 12.1 Å². The van der Waals surface area contributed by atoms with Crippen LogP contribution in [0.4, 0.5) is 5.82 Å². The van der Waals surface area contributed by atoms with Crippen LogP contribution in [0, 0.1) is 6.92 Å². The van der Waals surface area contributed by atoms with E-state index in [2.05, 4.69) is 10.3 Å². The van der Waals surface area contributed by atoms with Gasteiger partial charge in [-0.25, -0.2) is 4.98 Å². The third-order valence-corrected chi connectivity index (χ3v) is 1.63. The Bertz CT molecular complexity index is 300. The number of nitrogens with zero attached hydrogens (tertiary/aromatic N) is 1. The first-order chi connectivity index (χ1) is 6.29. The fourth-order valence-corrected chi connectivity index (χ4v) is 1.02. The Labute approximate surface area is 76.9 Å². The van der Waals surface area contributed by atoms with Gasteiger partial charge < -0.3 is 10.1 Å². The summed E-state index contributed by atoms with van der Waals surface area (Å²) in [6, 6.07) is 1.83. The van der Waals surface area contributed by atoms with Crippen LogP contribution in [0.3, 0.4) is 0 Å². The topological polar surface area (TPSA) is 51.2 Å². The lowest BCUT2D eigenvalue weighted by molar-refractivity contribution is -0.109. The molecule has 0 fully saturated rings. The zero-order valence-electron chi connectivity index (χ0n) is 7.70. The molecule has 0 saturated heterocycles. The van der Waals surface area contributed by atoms with Gasteiger partial charge in [-0.05, 0) is 18.6 Å². The Morgan fingerprint density at radius 2 is 2.46 bits per heavy atom. The van der Waals surface area contributed by atoms with Gasteiger partial charge in [0.15, 0.2) is 17.9 Å². The fourth-order valence-electron chi connectivity index (χ4n) is 1.02. The minimum Gasteiger partial charge on any atom is -0.482 e. The summed E-state index contributed by atoms with van der Waals surface area (Å²) in [4.78, 5) is 14.2. The van der Waals surface area contributed by atoms with E-state index in [0.29, 0.717) is 17.9 Å². The maximum absolute atomic E-state index is 10.1. The molecule has 0 radical (unpaired) electrons. The Balaban J connectivity index is 2.93. The van der Waals surface area contributed by atoms with Gasteiger partial charge in [0, 0.05) is 13.2 Å². The van der Waals surface area contributed by atoms with Crippen LogP contribution in [-0.4, -0.2) is 24.9 Å². The fraction of sp³-hybridized carbons (Fsp3) is 0.333. The second-order valence-corrected chi connectivity index (χ2v) is 2.53. The van der Waals surface area contributed by atoms with E-state index < -0.39 is 0 Å². The molecule has 70 valence electrons. The highest BCUT2D eigenvalue weighted by Crippen LogP contribution is 2.24. The second kappa shape index (κ2) is 4.45. The zero-order valence-corrected chi connectivity index (χ0v) is 7.70. The van der Waals surface area contributed by atoms with E-state index in [0.717, 1.165) is 5.56 Å². The Kier molecular flexibility index (Phi) is 3.25. The van der Waals surface area contributed by atoms with Crippen molar-refractivity contribution in [1.82, 2.24) is 4.98 Å². The molecule has 1 heterocycles. The zero-order chi connectivity index (χ0) is 9.68. The van der Waals surface area contributed by atoms with Crippen LogP contribution in [0.5, 0.6) is 5.75 Å². The number of aromatic nitrogens is 1. The van der Waals surface area contributed by atoms with Crippen molar-refractivity contribution in [2.45, 2.75) is 6.92 Å². The summed E-state index contributed by atoms with van der Waals surface area (Å²) in [6.07, 6.45) is 2.40. The summed E-state index contributed by atoms with van der Waals surface area (Å²) in [5.41, 5.74) is 0.959. The van der Waals surface area contributed by atoms with Crippen molar-refractivity contribution in [3.63, 3.8) is 0 Å². The number of hydrogen-bond donors (Lipinski definition) is 1. The lowest BCUT2D eigenvalue weighted by atomic mass is 10.2. The standard InChI is InChI=1S/C9H12N2O2/c1-7-3-4-11-9(10-2)8(7)13-6-5-12/h3-5H,6H2,1-2H3,(H,10,11). The summed E-state index contributed by atoms with van der Waals surface area (Å²) in [5.74, 6) is 1.29. The summed E-state index contributed by atoms with van der Waals surface area (Å²) < 4.78 is 5.21. The molecule has 0 spiro atoms. The first-order valence-electron chi connectivity index (χ1n) is 3.99. The molecule has 1 aromatic rings. The van der Waals surface area contributed by atoms with Crippen molar-refractivity contribution in [1.29, 1.82) is 0 Å². The largest absolute Gasteiger partial charge is 0.482 e. The highest BCUT2D eigenvalue weighted by Gasteiger charge is 2.05. The molecule has 1 N–H and O–H groups in total. The predicted octanol–water partition coefficient (Wildman–Crippen LogP) is 1.01. The molecule has 0 bridgehead atoms. The maximum Gasteiger partial charge on any atom is 0.168 e. The Morgan fingerprint density at radius 1 is 1.69 bits per heavy atom. The van der Waals surface area contributed by atoms with E-state index in [4.69, 9.17) is 4.74 Å². The van der Waals surface area contributed by atoms with Crippen molar-refractivity contribution in [3.05, 3.63) is 17.8 Å². The normalized spacial score (nSPS) is 9.38. The summed E-state index contributed by atoms with van der Waals surface area (Å²) in [6.45, 7) is 1.96. The number of ether oxygens (including phenoxy) is 1. The number of nitrogens with one attached hydrogen (secondary N) is 1. The molecule has 0 amide bonds. The van der Waals surface area contributed by atoms with Gasteiger partial charge >= 0.3 is 0 Å². The average molecular weight is 180 g/mol. The molecule has 1 aromatic heterocycles. The summed E-state index contributed by atoms with van der Waals surface area (Å²) in [5, 5.41) is 2.89. The quantitative estimate of drug-likeness (QED) is 0.702. The van der Waals surface area contributed by atoms with Crippen LogP contribution >= 0.6 is 0 Å². The highest BCUT2D eigenvalue weighted by atomic mass is 16.5. The van der Waals surface area contributed by atoms with Crippen LogP contribution in [-0.2, 0) is 4.79 Å². The van der Waals surface area contributed by atoms with E-state index in [1.807, 2.05) is 13.0 Å². The number of carbonyl (C=O) groups is 1. The average Bonchev–Trinajstić information content (AvgIpc) is 2.15. The van der Waals surface area contributed by atoms with Gasteiger partial charge in [-0.3, -0.25) is 4.79 Å². The van der Waals surface area contributed by atoms with Gasteiger partial charge in [0.1, 0.15) is 6.61 Å². The highest BCUT2D eigenvalue weighted by molar-refractivity contribution is 5.56. The van der Waals surface area contributed by atoms with Crippen molar-refractivity contribution in [2.75, 3.05) is 19.0 Å². The number of carbonyl (C=O) groups excluding carboxylic acids is 1. The van der Waals surface area contributed by atoms with E-state index >= 15 is 0 Å². The van der Waals surface area contributed by atoms with Gasteiger partial charge in [0.2, 0.25) is 0 Å². The smallest absolute Gasteiger partial charge is 0.168 e.